The molecule has 4 heteroatoms. The lowest BCUT2D eigenvalue weighted by atomic mass is 10.1. The fraction of sp³-hybridized carbons (Fsp3) is 0.444. The van der Waals surface area contributed by atoms with Gasteiger partial charge >= 0.3 is 0 Å². The molecule has 13 heavy (non-hydrogen) atoms. The van der Waals surface area contributed by atoms with E-state index in [0.717, 1.165) is 11.0 Å². The molecule has 0 aliphatic heterocycles. The number of ether oxygens (including phenoxy) is 1. The van der Waals surface area contributed by atoms with E-state index in [2.05, 4.69) is 26.8 Å². The molecule has 0 spiro atoms. The second-order valence-corrected chi connectivity index (χ2v) is 4.40. The fourth-order valence-corrected chi connectivity index (χ4v) is 1.87. The molecule has 1 heterocycles. The van der Waals surface area contributed by atoms with Crippen LogP contribution < -0.4 is 4.74 Å². The van der Waals surface area contributed by atoms with Crippen LogP contribution in [-0.2, 0) is 0 Å². The Hall–Kier alpha value is -0.530. The number of hydrogen-bond donors (Lipinski definition) is 0. The fourth-order valence-electron chi connectivity index (χ4n) is 0.682. The normalized spacial score (nSPS) is 14.6. The Kier molecular flexibility index (Phi) is 3.34. The van der Waals surface area contributed by atoms with Crippen LogP contribution in [0.4, 0.5) is 0 Å². The van der Waals surface area contributed by atoms with Crippen LogP contribution in [-0.4, -0.2) is 10.6 Å². The SMILES string of the molecule is C#CC(C)(CC)Oc1nc(Br)cs1. The van der Waals surface area contributed by atoms with Gasteiger partial charge in [0.2, 0.25) is 0 Å². The average Bonchev–Trinajstić information content (AvgIpc) is 2.51. The van der Waals surface area contributed by atoms with Gasteiger partial charge in [-0.15, -0.1) is 6.42 Å². The van der Waals surface area contributed by atoms with Gasteiger partial charge in [0, 0.05) is 5.38 Å². The maximum Gasteiger partial charge on any atom is 0.275 e. The molecule has 1 aromatic heterocycles. The summed E-state index contributed by atoms with van der Waals surface area (Å²) >= 11 is 4.68. The van der Waals surface area contributed by atoms with E-state index in [1.54, 1.807) is 0 Å². The molecular formula is C9H10BrNOS. The van der Waals surface area contributed by atoms with Crippen LogP contribution >= 0.6 is 27.3 Å². The van der Waals surface area contributed by atoms with E-state index >= 15 is 0 Å². The second-order valence-electron chi connectivity index (χ2n) is 2.77. The van der Waals surface area contributed by atoms with Gasteiger partial charge in [-0.05, 0) is 29.3 Å². The van der Waals surface area contributed by atoms with Gasteiger partial charge in [-0.2, -0.15) is 4.98 Å². The first kappa shape index (κ1) is 10.6. The Balaban J connectivity index is 2.74. The largest absolute Gasteiger partial charge is 0.450 e. The van der Waals surface area contributed by atoms with Gasteiger partial charge in [0.15, 0.2) is 5.60 Å². The van der Waals surface area contributed by atoms with Gasteiger partial charge < -0.3 is 4.74 Å². The van der Waals surface area contributed by atoms with Crippen molar-refractivity contribution in [1.82, 2.24) is 4.98 Å². The van der Waals surface area contributed by atoms with E-state index in [1.807, 2.05) is 19.2 Å². The Morgan fingerprint density at radius 1 is 1.85 bits per heavy atom. The maximum absolute atomic E-state index is 5.56. The third-order valence-electron chi connectivity index (χ3n) is 1.75. The van der Waals surface area contributed by atoms with Crippen molar-refractivity contribution in [1.29, 1.82) is 0 Å². The molecular weight excluding hydrogens is 250 g/mol. The van der Waals surface area contributed by atoms with Crippen molar-refractivity contribution < 1.29 is 4.74 Å². The summed E-state index contributed by atoms with van der Waals surface area (Å²) in [5, 5.41) is 2.47. The van der Waals surface area contributed by atoms with Crippen LogP contribution in [0, 0.1) is 12.3 Å². The third kappa shape index (κ3) is 2.71. The topological polar surface area (TPSA) is 22.1 Å². The molecule has 0 aromatic carbocycles. The Morgan fingerprint density at radius 3 is 2.92 bits per heavy atom. The summed E-state index contributed by atoms with van der Waals surface area (Å²) in [5.74, 6) is 2.61. The minimum atomic E-state index is -0.544. The monoisotopic (exact) mass is 259 g/mol. The molecule has 0 N–H and O–H groups in total. The van der Waals surface area contributed by atoms with Crippen LogP contribution in [0.5, 0.6) is 5.19 Å². The van der Waals surface area contributed by atoms with E-state index in [9.17, 15) is 0 Å². The summed E-state index contributed by atoms with van der Waals surface area (Å²) in [6.07, 6.45) is 6.13. The van der Waals surface area contributed by atoms with Crippen molar-refractivity contribution in [2.75, 3.05) is 0 Å². The summed E-state index contributed by atoms with van der Waals surface area (Å²) in [5.41, 5.74) is -0.544. The summed E-state index contributed by atoms with van der Waals surface area (Å²) in [6, 6.07) is 0. The van der Waals surface area contributed by atoms with Gasteiger partial charge in [0.25, 0.3) is 5.19 Å². The number of thiazole rings is 1. The molecule has 2 nitrogen and oxygen atoms in total. The molecule has 0 radical (unpaired) electrons. The molecule has 0 saturated heterocycles. The average molecular weight is 260 g/mol. The highest BCUT2D eigenvalue weighted by atomic mass is 79.9. The Bertz CT molecular complexity index is 331. The van der Waals surface area contributed by atoms with Crippen molar-refractivity contribution >= 4 is 27.3 Å². The lowest BCUT2D eigenvalue weighted by Gasteiger charge is -2.21. The number of nitrogens with zero attached hydrogens (tertiary/aromatic N) is 1. The molecule has 1 rings (SSSR count). The van der Waals surface area contributed by atoms with Crippen LogP contribution in [0.2, 0.25) is 0 Å². The molecule has 0 aliphatic carbocycles. The highest BCUT2D eigenvalue weighted by molar-refractivity contribution is 9.10. The third-order valence-corrected chi connectivity index (χ3v) is 3.17. The first-order valence-corrected chi connectivity index (χ1v) is 5.54. The molecule has 1 aromatic rings. The zero-order valence-corrected chi connectivity index (χ0v) is 9.91. The smallest absolute Gasteiger partial charge is 0.275 e. The van der Waals surface area contributed by atoms with Crippen LogP contribution in [0.15, 0.2) is 9.98 Å². The molecule has 0 bridgehead atoms. The Labute approximate surface area is 90.5 Å². The summed E-state index contributed by atoms with van der Waals surface area (Å²) in [7, 11) is 0. The molecule has 0 amide bonds. The van der Waals surface area contributed by atoms with E-state index < -0.39 is 5.60 Å². The summed E-state index contributed by atoms with van der Waals surface area (Å²) in [4.78, 5) is 4.11. The maximum atomic E-state index is 5.56. The highest BCUT2D eigenvalue weighted by Crippen LogP contribution is 2.26. The van der Waals surface area contributed by atoms with Gasteiger partial charge in [0.1, 0.15) is 4.60 Å². The van der Waals surface area contributed by atoms with Crippen LogP contribution in [0.3, 0.4) is 0 Å². The number of rotatable bonds is 3. The predicted molar refractivity (Wildman–Crippen MR) is 58.0 cm³/mol. The van der Waals surface area contributed by atoms with Gasteiger partial charge in [0.05, 0.1) is 0 Å². The predicted octanol–water partition coefficient (Wildman–Crippen LogP) is 3.09. The van der Waals surface area contributed by atoms with Crippen molar-refractivity contribution in [2.24, 2.45) is 0 Å². The first-order chi connectivity index (χ1) is 6.09. The number of aromatic nitrogens is 1. The van der Waals surface area contributed by atoms with Crippen LogP contribution in [0.25, 0.3) is 0 Å². The Morgan fingerprint density at radius 2 is 2.54 bits per heavy atom. The lowest BCUT2D eigenvalue weighted by Crippen LogP contribution is -2.29. The van der Waals surface area contributed by atoms with E-state index in [4.69, 9.17) is 11.2 Å². The van der Waals surface area contributed by atoms with E-state index in [0.29, 0.717) is 5.19 Å². The minimum Gasteiger partial charge on any atom is -0.450 e. The summed E-state index contributed by atoms with van der Waals surface area (Å²) in [6.45, 7) is 3.87. The van der Waals surface area contributed by atoms with Crippen molar-refractivity contribution in [3.05, 3.63) is 9.98 Å². The van der Waals surface area contributed by atoms with E-state index in [-0.39, 0.29) is 0 Å². The molecule has 1 atom stereocenters. The van der Waals surface area contributed by atoms with Gasteiger partial charge in [-0.25, -0.2) is 0 Å². The second kappa shape index (κ2) is 4.12. The molecule has 0 saturated carbocycles. The molecule has 70 valence electrons. The van der Waals surface area contributed by atoms with Gasteiger partial charge in [-0.3, -0.25) is 0 Å². The highest BCUT2D eigenvalue weighted by Gasteiger charge is 2.21. The van der Waals surface area contributed by atoms with Gasteiger partial charge in [-0.1, -0.05) is 24.2 Å². The van der Waals surface area contributed by atoms with Crippen molar-refractivity contribution in [3.63, 3.8) is 0 Å². The minimum absolute atomic E-state index is 0.544. The molecule has 1 unspecified atom stereocenters. The van der Waals surface area contributed by atoms with Crippen LogP contribution in [0.1, 0.15) is 20.3 Å². The number of halogens is 1. The molecule has 0 aliphatic rings. The van der Waals surface area contributed by atoms with Crippen molar-refractivity contribution in [3.8, 4) is 17.5 Å². The first-order valence-electron chi connectivity index (χ1n) is 3.87. The number of hydrogen-bond acceptors (Lipinski definition) is 3. The van der Waals surface area contributed by atoms with E-state index in [1.165, 1.54) is 11.3 Å². The van der Waals surface area contributed by atoms with Crippen molar-refractivity contribution in [2.45, 2.75) is 25.9 Å². The standard InChI is InChI=1S/C9H10BrNOS/c1-4-9(3,5-2)12-8-11-7(10)6-13-8/h1,6H,5H2,2-3H3. The zero-order chi connectivity index (χ0) is 9.90. The quantitative estimate of drug-likeness (QED) is 0.779. The zero-order valence-electron chi connectivity index (χ0n) is 7.50. The summed E-state index contributed by atoms with van der Waals surface area (Å²) < 4.78 is 6.34. The molecule has 0 fully saturated rings. The lowest BCUT2D eigenvalue weighted by molar-refractivity contribution is 0.146. The number of terminal acetylenes is 1.